The summed E-state index contributed by atoms with van der Waals surface area (Å²) in [6, 6.07) is 8.07. The largest absolute Gasteiger partial charge is 0.496 e. The Morgan fingerprint density at radius 3 is 2.39 bits per heavy atom. The number of aromatic nitrogens is 1. The molecule has 2 fully saturated rings. The number of carbonyl (C=O) groups excluding carboxylic acids is 2. The number of ether oxygens (including phenoxy) is 4. The van der Waals surface area contributed by atoms with Gasteiger partial charge < -0.3 is 23.8 Å². The summed E-state index contributed by atoms with van der Waals surface area (Å²) in [5.74, 6) is -0.762. The predicted octanol–water partition coefficient (Wildman–Crippen LogP) is 6.08. The van der Waals surface area contributed by atoms with Crippen molar-refractivity contribution in [3.8, 4) is 17.2 Å². The van der Waals surface area contributed by atoms with E-state index in [1.165, 1.54) is 74.9 Å². The van der Waals surface area contributed by atoms with Crippen molar-refractivity contribution < 1.29 is 45.7 Å². The molecule has 1 aromatic heterocycles. The Morgan fingerprint density at radius 1 is 1.06 bits per heavy atom. The number of sulfonamides is 1. The number of amides is 1. The summed E-state index contributed by atoms with van der Waals surface area (Å²) >= 11 is 13.9. The van der Waals surface area contributed by atoms with Gasteiger partial charge in [-0.1, -0.05) is 29.3 Å². The van der Waals surface area contributed by atoms with E-state index >= 15 is 0 Å². The number of nitrogens with zero attached hydrogens (tertiary/aromatic N) is 3. The first-order chi connectivity index (χ1) is 23.3. The van der Waals surface area contributed by atoms with Crippen LogP contribution >= 0.6 is 35.0 Å². The predicted molar refractivity (Wildman–Crippen MR) is 179 cm³/mol. The van der Waals surface area contributed by atoms with Crippen molar-refractivity contribution in [3.05, 3.63) is 75.5 Å². The molecule has 0 radical (unpaired) electrons. The highest BCUT2D eigenvalue weighted by atomic mass is 35.5. The van der Waals surface area contributed by atoms with E-state index in [-0.39, 0.29) is 63.1 Å². The number of esters is 1. The van der Waals surface area contributed by atoms with E-state index < -0.39 is 40.0 Å². The number of benzene rings is 2. The van der Waals surface area contributed by atoms with Gasteiger partial charge in [-0.05, 0) is 60.2 Å². The van der Waals surface area contributed by atoms with E-state index in [2.05, 4.69) is 9.72 Å². The number of pyridine rings is 1. The first-order valence-corrected chi connectivity index (χ1v) is 18.3. The van der Waals surface area contributed by atoms with Gasteiger partial charge in [0.15, 0.2) is 16.9 Å². The van der Waals surface area contributed by atoms with Crippen LogP contribution in [0.15, 0.2) is 53.7 Å². The molecule has 2 heterocycles. The molecule has 3 aromatic rings. The van der Waals surface area contributed by atoms with Crippen LogP contribution in [0.4, 0.5) is 8.78 Å². The van der Waals surface area contributed by atoms with Crippen molar-refractivity contribution in [2.75, 3.05) is 40.1 Å². The molecular weight excluding hydrogens is 727 g/mol. The second-order valence-corrected chi connectivity index (χ2v) is 15.3. The van der Waals surface area contributed by atoms with Crippen molar-refractivity contribution >= 4 is 56.9 Å². The number of carbonyl (C=O) groups is 2. The second kappa shape index (κ2) is 15.7. The number of rotatable bonds is 14. The number of alkyl halides is 2. The van der Waals surface area contributed by atoms with Gasteiger partial charge in [0.05, 0.1) is 34.2 Å². The Hall–Kier alpha value is -3.37. The fourth-order valence-electron chi connectivity index (χ4n) is 5.05. The van der Waals surface area contributed by atoms with Gasteiger partial charge in [-0.3, -0.25) is 9.78 Å². The van der Waals surface area contributed by atoms with Gasteiger partial charge in [-0.15, -0.1) is 11.8 Å². The maximum atomic E-state index is 13.9. The van der Waals surface area contributed by atoms with Crippen molar-refractivity contribution in [2.45, 2.75) is 42.2 Å². The molecule has 1 saturated carbocycles. The molecule has 1 aliphatic carbocycles. The SMILES string of the molecule is COc1ccc(S(=O)(=O)N2CCSC2C(=O)OC(Cc2c(Cl)cncc2Cl)c2ccc(OC(F)F)c(OCC3CC3)c2)cc1C(=O)N(C)C. The number of thioether (sulfide) groups is 1. The lowest BCUT2D eigenvalue weighted by Gasteiger charge is -2.26. The molecule has 17 heteroatoms. The van der Waals surface area contributed by atoms with Gasteiger partial charge in [0.25, 0.3) is 5.91 Å². The minimum atomic E-state index is -4.32. The molecular formula is C32H33Cl2F2N3O8S2. The normalized spacial score (nSPS) is 17.1. The lowest BCUT2D eigenvalue weighted by atomic mass is 10.0. The minimum absolute atomic E-state index is 0.0126. The topological polar surface area (TPSA) is 125 Å². The molecule has 11 nitrogen and oxygen atoms in total. The fraction of sp³-hybridized carbons (Fsp3) is 0.406. The Kier molecular flexibility index (Phi) is 11.8. The monoisotopic (exact) mass is 759 g/mol. The van der Waals surface area contributed by atoms with E-state index in [4.69, 9.17) is 37.4 Å². The molecule has 0 spiro atoms. The highest BCUT2D eigenvalue weighted by Crippen LogP contribution is 2.39. The Balaban J connectivity index is 1.47. The molecule has 2 aromatic carbocycles. The quantitative estimate of drug-likeness (QED) is 0.179. The molecule has 49 heavy (non-hydrogen) atoms. The molecule has 1 amide bonds. The maximum Gasteiger partial charge on any atom is 0.387 e. The summed E-state index contributed by atoms with van der Waals surface area (Å²) in [5.41, 5.74) is 0.762. The van der Waals surface area contributed by atoms with Crippen LogP contribution in [0, 0.1) is 5.92 Å². The van der Waals surface area contributed by atoms with Crippen LogP contribution in [-0.2, 0) is 26.0 Å². The number of methoxy groups -OCH3 is 1. The third-order valence-corrected chi connectivity index (χ3v) is 11.6. The van der Waals surface area contributed by atoms with Crippen molar-refractivity contribution in [3.63, 3.8) is 0 Å². The smallest absolute Gasteiger partial charge is 0.387 e. The second-order valence-electron chi connectivity index (χ2n) is 11.5. The molecule has 2 atom stereocenters. The zero-order valence-corrected chi connectivity index (χ0v) is 29.8. The lowest BCUT2D eigenvalue weighted by molar-refractivity contribution is -0.150. The van der Waals surface area contributed by atoms with Gasteiger partial charge in [0, 0.05) is 45.2 Å². The minimum Gasteiger partial charge on any atom is -0.496 e. The lowest BCUT2D eigenvalue weighted by Crippen LogP contribution is -2.40. The van der Waals surface area contributed by atoms with E-state index in [1.54, 1.807) is 0 Å². The van der Waals surface area contributed by atoms with Crippen LogP contribution in [0.25, 0.3) is 0 Å². The molecule has 2 unspecified atom stereocenters. The first kappa shape index (κ1) is 36.9. The third kappa shape index (κ3) is 8.69. The van der Waals surface area contributed by atoms with Crippen LogP contribution in [0.2, 0.25) is 10.0 Å². The van der Waals surface area contributed by atoms with Gasteiger partial charge in [-0.2, -0.15) is 13.1 Å². The van der Waals surface area contributed by atoms with Gasteiger partial charge in [-0.25, -0.2) is 13.2 Å². The zero-order chi connectivity index (χ0) is 35.5. The summed E-state index contributed by atoms with van der Waals surface area (Å²) in [4.78, 5) is 31.7. The molecule has 1 aliphatic heterocycles. The standard InChI is InChI=1S/C32H33Cl2F2N3O8S2/c1-38(2)29(40)22-13-20(7-9-25(22)44-3)49(42,43)39-10-11-48-30(39)31(41)46-27(14-21-23(33)15-37-16-24(21)34)19-6-8-26(47-32(35)36)28(12-19)45-17-18-4-5-18/h6-9,12-13,15-16,18,27,30,32H,4-5,10-11,14,17H2,1-3H3. The van der Waals surface area contributed by atoms with Crippen molar-refractivity contribution in [1.82, 2.24) is 14.2 Å². The van der Waals surface area contributed by atoms with E-state index in [9.17, 15) is 26.8 Å². The van der Waals surface area contributed by atoms with Crippen LogP contribution in [0.3, 0.4) is 0 Å². The third-order valence-electron chi connectivity index (χ3n) is 7.79. The van der Waals surface area contributed by atoms with Crippen LogP contribution in [0.5, 0.6) is 17.2 Å². The van der Waals surface area contributed by atoms with Crippen molar-refractivity contribution in [1.29, 1.82) is 0 Å². The van der Waals surface area contributed by atoms with Gasteiger partial charge in [0.2, 0.25) is 10.0 Å². The molecule has 2 aliphatic rings. The molecule has 264 valence electrons. The van der Waals surface area contributed by atoms with Crippen LogP contribution in [-0.4, -0.2) is 86.6 Å². The maximum absolute atomic E-state index is 13.9. The van der Waals surface area contributed by atoms with E-state index in [1.807, 2.05) is 0 Å². The summed E-state index contributed by atoms with van der Waals surface area (Å²) in [6.07, 6.45) is 3.46. The Labute approximate surface area is 296 Å². The molecule has 1 saturated heterocycles. The molecule has 0 bridgehead atoms. The summed E-state index contributed by atoms with van der Waals surface area (Å²) in [7, 11) is 0.0944. The summed E-state index contributed by atoms with van der Waals surface area (Å²) < 4.78 is 77.1. The average molecular weight is 761 g/mol. The average Bonchev–Trinajstić information content (AvgIpc) is 3.76. The zero-order valence-electron chi connectivity index (χ0n) is 26.6. The highest BCUT2D eigenvalue weighted by Gasteiger charge is 2.42. The Bertz CT molecular complexity index is 1790. The number of hydrogen-bond acceptors (Lipinski definition) is 10. The van der Waals surface area contributed by atoms with E-state index in [0.29, 0.717) is 17.0 Å². The van der Waals surface area contributed by atoms with Gasteiger partial charge in [0.1, 0.15) is 11.9 Å². The molecule has 5 rings (SSSR count). The van der Waals surface area contributed by atoms with Crippen LogP contribution in [0.1, 0.15) is 40.4 Å². The summed E-state index contributed by atoms with van der Waals surface area (Å²) in [5, 5.41) is -0.908. The van der Waals surface area contributed by atoms with Crippen LogP contribution < -0.4 is 14.2 Å². The van der Waals surface area contributed by atoms with E-state index in [0.717, 1.165) is 28.9 Å². The first-order valence-electron chi connectivity index (χ1n) is 15.0. The van der Waals surface area contributed by atoms with Gasteiger partial charge >= 0.3 is 12.6 Å². The molecule has 0 N–H and O–H groups in total. The highest BCUT2D eigenvalue weighted by molar-refractivity contribution is 8.02. The van der Waals surface area contributed by atoms with Crippen molar-refractivity contribution in [2.24, 2.45) is 5.92 Å². The summed E-state index contributed by atoms with van der Waals surface area (Å²) in [6.45, 7) is -2.83. The number of hydrogen-bond donors (Lipinski definition) is 0. The fourth-order valence-corrected chi connectivity index (χ4v) is 8.64. The number of halogens is 4. The Morgan fingerprint density at radius 2 is 1.76 bits per heavy atom.